The Balaban J connectivity index is 1.59. The molecule has 3 aromatic rings. The number of ether oxygens (including phenoxy) is 2. The van der Waals surface area contributed by atoms with Crippen LogP contribution in [0.15, 0.2) is 77.7 Å². The van der Waals surface area contributed by atoms with Crippen LogP contribution in [-0.2, 0) is 14.8 Å². The smallest absolute Gasteiger partial charge is 0.261 e. The lowest BCUT2D eigenvalue weighted by Crippen LogP contribution is -2.28. The minimum Gasteiger partial charge on any atom is -0.497 e. The maximum Gasteiger partial charge on any atom is 0.261 e. The second-order valence-electron chi connectivity index (χ2n) is 7.08. The number of likely N-dealkylation sites (N-methyl/N-ethyl adjacent to an activating group) is 1. The number of methoxy groups -OCH3 is 1. The van der Waals surface area contributed by atoms with Gasteiger partial charge in [-0.25, -0.2) is 8.42 Å². The highest BCUT2D eigenvalue weighted by atomic mass is 32.2. The normalized spacial score (nSPS) is 10.8. The molecular formula is C24H25N3O6S. The van der Waals surface area contributed by atoms with Crippen molar-refractivity contribution in [1.82, 2.24) is 5.32 Å². The van der Waals surface area contributed by atoms with Gasteiger partial charge in [-0.3, -0.25) is 14.3 Å². The molecule has 0 aliphatic rings. The molecule has 0 bridgehead atoms. The summed E-state index contributed by atoms with van der Waals surface area (Å²) in [5, 5.41) is 5.36. The summed E-state index contributed by atoms with van der Waals surface area (Å²) in [7, 11) is -2.29. The van der Waals surface area contributed by atoms with E-state index in [1.54, 1.807) is 48.5 Å². The van der Waals surface area contributed by atoms with Crippen molar-refractivity contribution in [2.24, 2.45) is 0 Å². The first-order valence-electron chi connectivity index (χ1n) is 10.4. The summed E-state index contributed by atoms with van der Waals surface area (Å²) in [5.74, 6) is 0.482. The Hall–Kier alpha value is -4.05. The first-order valence-corrected chi connectivity index (χ1v) is 11.9. The third kappa shape index (κ3) is 6.72. The molecule has 0 fully saturated rings. The van der Waals surface area contributed by atoms with Crippen LogP contribution in [0.4, 0.5) is 11.4 Å². The number of rotatable bonds is 10. The number of carbonyl (C=O) groups excluding carboxylic acids is 2. The van der Waals surface area contributed by atoms with Crippen molar-refractivity contribution in [3.05, 3.63) is 78.4 Å². The van der Waals surface area contributed by atoms with Crippen LogP contribution >= 0.6 is 0 Å². The molecule has 0 aliphatic heterocycles. The fraction of sp³-hybridized carbons (Fsp3) is 0.167. The zero-order chi connectivity index (χ0) is 24.6. The summed E-state index contributed by atoms with van der Waals surface area (Å²) in [6, 6.07) is 18.6. The van der Waals surface area contributed by atoms with E-state index in [0.717, 1.165) is 0 Å². The van der Waals surface area contributed by atoms with Crippen LogP contribution in [0, 0.1) is 0 Å². The van der Waals surface area contributed by atoms with Gasteiger partial charge in [-0.1, -0.05) is 0 Å². The Morgan fingerprint density at radius 3 is 2.00 bits per heavy atom. The number of sulfonamides is 1. The quantitative estimate of drug-likeness (QED) is 0.407. The zero-order valence-corrected chi connectivity index (χ0v) is 19.5. The van der Waals surface area contributed by atoms with Gasteiger partial charge >= 0.3 is 0 Å². The minimum atomic E-state index is -3.82. The molecule has 3 aromatic carbocycles. The molecule has 0 heterocycles. The molecule has 178 valence electrons. The van der Waals surface area contributed by atoms with Crippen LogP contribution in [0.2, 0.25) is 0 Å². The average Bonchev–Trinajstić information content (AvgIpc) is 2.84. The van der Waals surface area contributed by atoms with Gasteiger partial charge in [0.15, 0.2) is 6.61 Å². The second kappa shape index (κ2) is 11.2. The Morgan fingerprint density at radius 2 is 1.41 bits per heavy atom. The van der Waals surface area contributed by atoms with Crippen molar-refractivity contribution in [2.75, 3.05) is 30.3 Å². The van der Waals surface area contributed by atoms with Crippen LogP contribution in [0.1, 0.15) is 17.3 Å². The first-order chi connectivity index (χ1) is 16.3. The van der Waals surface area contributed by atoms with Gasteiger partial charge in [0.2, 0.25) is 0 Å². The molecular weight excluding hydrogens is 458 g/mol. The highest BCUT2D eigenvalue weighted by Gasteiger charge is 2.15. The molecule has 0 spiro atoms. The van der Waals surface area contributed by atoms with E-state index in [9.17, 15) is 18.0 Å². The number of hydrogen-bond acceptors (Lipinski definition) is 6. The van der Waals surface area contributed by atoms with Gasteiger partial charge in [0.25, 0.3) is 21.8 Å². The van der Waals surface area contributed by atoms with Crippen molar-refractivity contribution in [2.45, 2.75) is 11.8 Å². The van der Waals surface area contributed by atoms with Crippen LogP contribution in [0.25, 0.3) is 0 Å². The Morgan fingerprint density at radius 1 is 0.824 bits per heavy atom. The predicted molar refractivity (Wildman–Crippen MR) is 129 cm³/mol. The second-order valence-corrected chi connectivity index (χ2v) is 8.76. The fourth-order valence-corrected chi connectivity index (χ4v) is 3.95. The van der Waals surface area contributed by atoms with Gasteiger partial charge in [0.1, 0.15) is 11.5 Å². The molecule has 3 N–H and O–H groups in total. The van der Waals surface area contributed by atoms with Crippen LogP contribution in [-0.4, -0.2) is 40.5 Å². The van der Waals surface area contributed by atoms with Gasteiger partial charge < -0.3 is 20.1 Å². The van der Waals surface area contributed by atoms with E-state index >= 15 is 0 Å². The molecule has 0 saturated heterocycles. The lowest BCUT2D eigenvalue weighted by atomic mass is 10.2. The summed E-state index contributed by atoms with van der Waals surface area (Å²) in [6.45, 7) is 2.25. The lowest BCUT2D eigenvalue weighted by molar-refractivity contribution is -0.122. The largest absolute Gasteiger partial charge is 0.497 e. The summed E-state index contributed by atoms with van der Waals surface area (Å²) >= 11 is 0. The molecule has 0 aliphatic carbocycles. The molecule has 34 heavy (non-hydrogen) atoms. The Kier molecular flexibility index (Phi) is 8.10. The van der Waals surface area contributed by atoms with Crippen LogP contribution in [0.5, 0.6) is 11.5 Å². The van der Waals surface area contributed by atoms with Gasteiger partial charge in [-0.15, -0.1) is 0 Å². The van der Waals surface area contributed by atoms with Crippen molar-refractivity contribution in [1.29, 1.82) is 0 Å². The first kappa shape index (κ1) is 24.6. The molecule has 0 unspecified atom stereocenters. The fourth-order valence-electron chi connectivity index (χ4n) is 2.89. The molecule has 0 aromatic heterocycles. The SMILES string of the molecule is CCNC(=O)COc1ccc(NC(=O)c2ccc(S(=O)(=O)Nc3ccc(OC)cc3)cc2)cc1. The highest BCUT2D eigenvalue weighted by Crippen LogP contribution is 2.20. The number of nitrogens with one attached hydrogen (secondary N) is 3. The van der Waals surface area contributed by atoms with Crippen molar-refractivity contribution in [3.63, 3.8) is 0 Å². The number of hydrogen-bond donors (Lipinski definition) is 3. The van der Waals surface area contributed by atoms with E-state index in [1.165, 1.54) is 31.4 Å². The van der Waals surface area contributed by atoms with Gasteiger partial charge in [-0.2, -0.15) is 0 Å². The number of amides is 2. The van der Waals surface area contributed by atoms with Gasteiger partial charge in [0.05, 0.1) is 12.0 Å². The van der Waals surface area contributed by atoms with Crippen molar-refractivity contribution < 1.29 is 27.5 Å². The van der Waals surface area contributed by atoms with Crippen LogP contribution < -0.4 is 24.8 Å². The minimum absolute atomic E-state index is 0.0217. The molecule has 10 heteroatoms. The maximum absolute atomic E-state index is 12.6. The van der Waals surface area contributed by atoms with Crippen molar-refractivity contribution >= 4 is 33.2 Å². The summed E-state index contributed by atoms with van der Waals surface area (Å²) in [5.41, 5.74) is 1.20. The van der Waals surface area contributed by atoms with E-state index < -0.39 is 15.9 Å². The number of carbonyl (C=O) groups is 2. The van der Waals surface area contributed by atoms with E-state index in [1.807, 2.05) is 6.92 Å². The van der Waals surface area contributed by atoms with Crippen molar-refractivity contribution in [3.8, 4) is 11.5 Å². The summed E-state index contributed by atoms with van der Waals surface area (Å²) < 4.78 is 38.1. The van der Waals surface area contributed by atoms with E-state index in [0.29, 0.717) is 35.0 Å². The monoisotopic (exact) mass is 483 g/mol. The Bertz CT molecular complexity index is 1230. The van der Waals surface area contributed by atoms with Gasteiger partial charge in [0, 0.05) is 23.5 Å². The number of anilines is 2. The van der Waals surface area contributed by atoms with E-state index in [2.05, 4.69) is 15.4 Å². The maximum atomic E-state index is 12.6. The van der Waals surface area contributed by atoms with E-state index in [4.69, 9.17) is 9.47 Å². The molecule has 0 atom stereocenters. The topological polar surface area (TPSA) is 123 Å². The Labute approximate surface area is 198 Å². The third-order valence-corrected chi connectivity index (χ3v) is 6.02. The number of benzene rings is 3. The van der Waals surface area contributed by atoms with Crippen LogP contribution in [0.3, 0.4) is 0 Å². The lowest BCUT2D eigenvalue weighted by Gasteiger charge is -2.10. The predicted octanol–water partition coefficient (Wildman–Crippen LogP) is 3.26. The molecule has 0 radical (unpaired) electrons. The highest BCUT2D eigenvalue weighted by molar-refractivity contribution is 7.92. The average molecular weight is 484 g/mol. The molecule has 3 rings (SSSR count). The zero-order valence-electron chi connectivity index (χ0n) is 18.7. The molecule has 9 nitrogen and oxygen atoms in total. The summed E-state index contributed by atoms with van der Waals surface area (Å²) in [4.78, 5) is 24.0. The standard InChI is InChI=1S/C24H25N3O6S/c1-3-25-23(28)16-33-21-12-6-18(7-13-21)26-24(29)17-4-14-22(15-5-17)34(30,31)27-19-8-10-20(32-2)11-9-19/h4-15,27H,3,16H2,1-2H3,(H,25,28)(H,26,29). The molecule has 2 amide bonds. The molecule has 0 saturated carbocycles. The third-order valence-electron chi connectivity index (χ3n) is 4.63. The summed E-state index contributed by atoms with van der Waals surface area (Å²) in [6.07, 6.45) is 0. The van der Waals surface area contributed by atoms with E-state index in [-0.39, 0.29) is 17.4 Å². The van der Waals surface area contributed by atoms with Gasteiger partial charge in [-0.05, 0) is 79.7 Å².